The molecule has 2 atom stereocenters. The quantitative estimate of drug-likeness (QED) is 0.0237. The lowest BCUT2D eigenvalue weighted by Gasteiger charge is -2.23. The minimum absolute atomic E-state index is 0.164. The third-order valence-corrected chi connectivity index (χ3v) is 6.66. The second-order valence-electron chi connectivity index (χ2n) is 10.5. The first-order valence-electron chi connectivity index (χ1n) is 13.2. The highest BCUT2D eigenvalue weighted by Crippen LogP contribution is 2.31. The molecule has 12 heteroatoms. The van der Waals surface area contributed by atoms with Crippen LogP contribution in [0.2, 0.25) is 0 Å². The van der Waals surface area contributed by atoms with Gasteiger partial charge in [0.1, 0.15) is 11.3 Å². The highest BCUT2D eigenvalue weighted by Gasteiger charge is 2.31. The van der Waals surface area contributed by atoms with Crippen molar-refractivity contribution in [1.29, 1.82) is 0 Å². The van der Waals surface area contributed by atoms with Gasteiger partial charge in [-0.2, -0.15) is 0 Å². The lowest BCUT2D eigenvalue weighted by Crippen LogP contribution is -2.29. The number of hydrogen-bond donors (Lipinski definition) is 0. The van der Waals surface area contributed by atoms with Crippen molar-refractivity contribution >= 4 is 33.6 Å². The van der Waals surface area contributed by atoms with Crippen LogP contribution in [0, 0.1) is 34.6 Å². The molecule has 0 aliphatic heterocycles. The van der Waals surface area contributed by atoms with Crippen LogP contribution < -0.4 is 0 Å². The Labute approximate surface area is 235 Å². The summed E-state index contributed by atoms with van der Waals surface area (Å²) >= 11 is 3.47. The molecule has 1 aromatic carbocycles. The Morgan fingerprint density at radius 1 is 0.872 bits per heavy atom. The van der Waals surface area contributed by atoms with E-state index in [9.17, 15) is 27.2 Å². The Bertz CT molecular complexity index is 988. The fraction of sp³-hybridized carbons (Fsp3) is 0.704. The zero-order valence-electron chi connectivity index (χ0n) is 23.0. The van der Waals surface area contributed by atoms with Crippen LogP contribution in [0.25, 0.3) is 10.4 Å². The van der Waals surface area contributed by atoms with E-state index < -0.39 is 45.9 Å². The van der Waals surface area contributed by atoms with Crippen LogP contribution in [0.15, 0.2) is 5.11 Å². The fourth-order valence-corrected chi connectivity index (χ4v) is 4.99. The maximum Gasteiger partial charge on any atom is 0.344 e. The number of nitrogens with zero attached hydrogens (tertiary/aromatic N) is 3. The van der Waals surface area contributed by atoms with Gasteiger partial charge in [0.15, 0.2) is 23.3 Å². The molecule has 1 aromatic rings. The van der Waals surface area contributed by atoms with E-state index in [1.54, 1.807) is 0 Å². The SMILES string of the molecule is CC(Br)CC(C)(C)C(=O)OCCCCCCCC(C)CCCCOC(=O)c1c(F)c(F)c(N=[N+]=[N-])c(F)c1F. The summed E-state index contributed by atoms with van der Waals surface area (Å²) in [6.45, 7) is 8.17. The number of azide groups is 1. The summed E-state index contributed by atoms with van der Waals surface area (Å²) in [5.74, 6) is -9.13. The summed E-state index contributed by atoms with van der Waals surface area (Å²) in [6.07, 6.45) is 8.75. The molecule has 0 fully saturated rings. The van der Waals surface area contributed by atoms with Gasteiger partial charge in [0.2, 0.25) is 0 Å². The van der Waals surface area contributed by atoms with Crippen LogP contribution in [0.3, 0.4) is 0 Å². The van der Waals surface area contributed by atoms with Gasteiger partial charge in [0, 0.05) is 9.74 Å². The van der Waals surface area contributed by atoms with Crippen molar-refractivity contribution in [1.82, 2.24) is 0 Å². The second-order valence-corrected chi connectivity index (χ2v) is 12.0. The van der Waals surface area contributed by atoms with Crippen LogP contribution in [-0.4, -0.2) is 30.0 Å². The van der Waals surface area contributed by atoms with Gasteiger partial charge in [-0.1, -0.05) is 73.4 Å². The first kappa shape index (κ1) is 34.7. The molecular formula is C27H38BrF4N3O4. The number of esters is 2. The molecule has 0 heterocycles. The summed E-state index contributed by atoms with van der Waals surface area (Å²) in [7, 11) is 0. The van der Waals surface area contributed by atoms with Crippen molar-refractivity contribution in [3.05, 3.63) is 39.3 Å². The van der Waals surface area contributed by atoms with E-state index in [0.29, 0.717) is 31.8 Å². The average Bonchev–Trinajstić information content (AvgIpc) is 2.86. The normalized spacial score (nSPS) is 12.9. The second kappa shape index (κ2) is 17.4. The number of hydrogen-bond acceptors (Lipinski definition) is 5. The smallest absolute Gasteiger partial charge is 0.344 e. The number of halogens is 5. The van der Waals surface area contributed by atoms with E-state index >= 15 is 0 Å². The third-order valence-electron chi connectivity index (χ3n) is 6.33. The number of benzene rings is 1. The van der Waals surface area contributed by atoms with E-state index in [1.165, 1.54) is 0 Å². The average molecular weight is 625 g/mol. The van der Waals surface area contributed by atoms with E-state index in [2.05, 4.69) is 32.9 Å². The summed E-state index contributed by atoms with van der Waals surface area (Å²) in [5.41, 5.74) is 4.77. The molecule has 0 bridgehead atoms. The van der Waals surface area contributed by atoms with E-state index in [-0.39, 0.29) is 17.4 Å². The number of carbonyl (C=O) groups excluding carboxylic acids is 2. The predicted molar refractivity (Wildman–Crippen MR) is 144 cm³/mol. The molecule has 0 aliphatic carbocycles. The topological polar surface area (TPSA) is 101 Å². The number of carbonyl (C=O) groups is 2. The lowest BCUT2D eigenvalue weighted by molar-refractivity contribution is -0.154. The number of ether oxygens (including phenoxy) is 2. The highest BCUT2D eigenvalue weighted by molar-refractivity contribution is 9.09. The van der Waals surface area contributed by atoms with Crippen molar-refractivity contribution in [2.75, 3.05) is 13.2 Å². The maximum atomic E-state index is 14.0. The number of unbranched alkanes of at least 4 members (excludes halogenated alkanes) is 5. The Hall–Kier alpha value is -2.33. The minimum atomic E-state index is -1.97. The first-order chi connectivity index (χ1) is 18.3. The van der Waals surface area contributed by atoms with Crippen molar-refractivity contribution in [2.45, 2.75) is 96.7 Å². The van der Waals surface area contributed by atoms with Crippen molar-refractivity contribution in [3.8, 4) is 0 Å². The summed E-state index contributed by atoms with van der Waals surface area (Å²) < 4.78 is 65.9. The van der Waals surface area contributed by atoms with Gasteiger partial charge in [-0.15, -0.1) is 0 Å². The molecule has 0 spiro atoms. The molecule has 7 nitrogen and oxygen atoms in total. The highest BCUT2D eigenvalue weighted by atomic mass is 79.9. The summed E-state index contributed by atoms with van der Waals surface area (Å²) in [6, 6.07) is 0. The summed E-state index contributed by atoms with van der Waals surface area (Å²) in [5, 5.41) is 2.58. The van der Waals surface area contributed by atoms with Crippen LogP contribution in [0.4, 0.5) is 23.2 Å². The Morgan fingerprint density at radius 3 is 1.92 bits per heavy atom. The zero-order valence-corrected chi connectivity index (χ0v) is 24.6. The van der Waals surface area contributed by atoms with Crippen LogP contribution in [0.1, 0.15) is 102 Å². The lowest BCUT2D eigenvalue weighted by atomic mass is 9.88. The number of rotatable bonds is 18. The largest absolute Gasteiger partial charge is 0.465 e. The van der Waals surface area contributed by atoms with E-state index in [1.807, 2.05) is 20.8 Å². The first-order valence-corrected chi connectivity index (χ1v) is 14.1. The van der Waals surface area contributed by atoms with Crippen LogP contribution in [0.5, 0.6) is 0 Å². The molecule has 1 rings (SSSR count). The fourth-order valence-electron chi connectivity index (χ4n) is 4.18. The van der Waals surface area contributed by atoms with Gasteiger partial charge >= 0.3 is 11.9 Å². The van der Waals surface area contributed by atoms with Gasteiger partial charge in [0.25, 0.3) is 0 Å². The van der Waals surface area contributed by atoms with Gasteiger partial charge in [-0.3, -0.25) is 4.79 Å². The molecule has 0 N–H and O–H groups in total. The molecule has 0 amide bonds. The Morgan fingerprint density at radius 2 is 1.36 bits per heavy atom. The molecule has 220 valence electrons. The molecule has 2 unspecified atom stereocenters. The number of alkyl halides is 1. The van der Waals surface area contributed by atoms with E-state index in [0.717, 1.165) is 44.9 Å². The van der Waals surface area contributed by atoms with Crippen molar-refractivity contribution in [2.24, 2.45) is 16.4 Å². The van der Waals surface area contributed by atoms with Crippen molar-refractivity contribution in [3.63, 3.8) is 0 Å². The van der Waals surface area contributed by atoms with Gasteiger partial charge in [0.05, 0.1) is 18.6 Å². The minimum Gasteiger partial charge on any atom is -0.465 e. The Balaban J connectivity index is 2.20. The summed E-state index contributed by atoms with van der Waals surface area (Å²) in [4.78, 5) is 26.5. The molecule has 0 aromatic heterocycles. The monoisotopic (exact) mass is 623 g/mol. The van der Waals surface area contributed by atoms with Gasteiger partial charge < -0.3 is 9.47 Å². The molecule has 0 saturated heterocycles. The van der Waals surface area contributed by atoms with E-state index in [4.69, 9.17) is 15.0 Å². The standard InChI is InChI=1S/C27H38BrF4N3O4/c1-17(12-8-6-5-7-10-15-39-26(37)27(3,4)16-18(2)28)13-9-11-14-38-25(36)19-20(29)22(31)24(34-35-33)23(32)21(19)30/h17-18H,5-16H2,1-4H3. The third kappa shape index (κ3) is 11.7. The van der Waals surface area contributed by atoms with Gasteiger partial charge in [-0.25, -0.2) is 22.4 Å². The molecule has 39 heavy (non-hydrogen) atoms. The van der Waals surface area contributed by atoms with Crippen LogP contribution >= 0.6 is 15.9 Å². The van der Waals surface area contributed by atoms with Crippen LogP contribution in [-0.2, 0) is 14.3 Å². The molecule has 0 aliphatic rings. The Kier molecular flexibility index (Phi) is 15.5. The van der Waals surface area contributed by atoms with Gasteiger partial charge in [-0.05, 0) is 51.0 Å². The maximum absolute atomic E-state index is 14.0. The predicted octanol–water partition coefficient (Wildman–Crippen LogP) is 9.23. The molecule has 0 saturated carbocycles. The van der Waals surface area contributed by atoms with Crippen molar-refractivity contribution < 1.29 is 36.6 Å². The zero-order chi connectivity index (χ0) is 29.6. The molecule has 0 radical (unpaired) electrons. The molecular weight excluding hydrogens is 586 g/mol.